The molecule has 0 heterocycles. The lowest BCUT2D eigenvalue weighted by molar-refractivity contribution is -0.113. The lowest BCUT2D eigenvalue weighted by Crippen LogP contribution is -2.15. The summed E-state index contributed by atoms with van der Waals surface area (Å²) in [6, 6.07) is 16.5. The molecule has 0 saturated carbocycles. The molecule has 1 amide bonds. The first-order valence-corrected chi connectivity index (χ1v) is 6.95. The Balaban J connectivity index is 1.97. The molecular weight excluding hydrogens is 270 g/mol. The zero-order valence-electron chi connectivity index (χ0n) is 10.7. The van der Waals surface area contributed by atoms with Gasteiger partial charge in [0.15, 0.2) is 0 Å². The number of carbonyl (C=O) groups is 1. The first-order chi connectivity index (χ1) is 9.69. The molecule has 0 fully saturated rings. The van der Waals surface area contributed by atoms with E-state index in [1.165, 1.54) is 11.8 Å². The molecule has 0 spiro atoms. The number of hydrogen-bond donors (Lipinski definition) is 2. The molecule has 3 N–H and O–H groups in total. The molecule has 2 rings (SSSR count). The number of nitrogen functional groups attached to an aromatic ring is 1. The predicted octanol–water partition coefficient (Wildman–Crippen LogP) is 2.87. The zero-order chi connectivity index (χ0) is 14.4. The van der Waals surface area contributed by atoms with E-state index in [1.807, 2.05) is 36.4 Å². The van der Waals surface area contributed by atoms with E-state index < -0.39 is 0 Å². The molecule has 0 aromatic heterocycles. The Morgan fingerprint density at radius 2 is 2.00 bits per heavy atom. The average molecular weight is 283 g/mol. The number of nitrogens with two attached hydrogens (primary N) is 1. The van der Waals surface area contributed by atoms with Gasteiger partial charge in [0.1, 0.15) is 6.07 Å². The summed E-state index contributed by atoms with van der Waals surface area (Å²) in [5, 5.41) is 11.7. The second kappa shape index (κ2) is 6.64. The van der Waals surface area contributed by atoms with Crippen LogP contribution in [0.25, 0.3) is 0 Å². The molecule has 5 heteroatoms. The van der Waals surface area contributed by atoms with Crippen LogP contribution in [0.3, 0.4) is 0 Å². The fourth-order valence-corrected chi connectivity index (χ4v) is 2.33. The Morgan fingerprint density at radius 3 is 2.70 bits per heavy atom. The fourth-order valence-electron chi connectivity index (χ4n) is 1.62. The topological polar surface area (TPSA) is 78.9 Å². The first kappa shape index (κ1) is 14.0. The second-order valence-electron chi connectivity index (χ2n) is 4.07. The van der Waals surface area contributed by atoms with Crippen molar-refractivity contribution in [1.82, 2.24) is 0 Å². The van der Waals surface area contributed by atoms with Gasteiger partial charge in [-0.3, -0.25) is 4.79 Å². The van der Waals surface area contributed by atoms with Crippen molar-refractivity contribution in [1.29, 1.82) is 5.26 Å². The number of anilines is 2. The molecule has 0 unspecified atom stereocenters. The van der Waals surface area contributed by atoms with Crippen molar-refractivity contribution in [2.45, 2.75) is 4.90 Å². The Morgan fingerprint density at radius 1 is 1.25 bits per heavy atom. The Labute approximate surface area is 121 Å². The molecule has 2 aromatic rings. The van der Waals surface area contributed by atoms with Crippen molar-refractivity contribution in [2.75, 3.05) is 16.8 Å². The van der Waals surface area contributed by atoms with E-state index in [0.29, 0.717) is 22.7 Å². The van der Waals surface area contributed by atoms with Crippen LogP contribution in [0.4, 0.5) is 11.4 Å². The minimum atomic E-state index is -0.153. The summed E-state index contributed by atoms with van der Waals surface area (Å²) in [5.41, 5.74) is 6.95. The van der Waals surface area contributed by atoms with Crippen molar-refractivity contribution in [2.24, 2.45) is 0 Å². The van der Waals surface area contributed by atoms with Gasteiger partial charge in [0.2, 0.25) is 5.91 Å². The van der Waals surface area contributed by atoms with E-state index in [2.05, 4.69) is 5.32 Å². The van der Waals surface area contributed by atoms with Gasteiger partial charge in [-0.05, 0) is 30.3 Å². The standard InChI is InChI=1S/C15H13N3OS/c16-9-11-8-12(17)6-7-14(11)18-15(19)10-20-13-4-2-1-3-5-13/h1-8H,10,17H2,(H,18,19). The van der Waals surface area contributed by atoms with E-state index in [0.717, 1.165) is 4.90 Å². The number of amides is 1. The molecule has 4 nitrogen and oxygen atoms in total. The molecule has 0 aliphatic rings. The molecule has 0 radical (unpaired) electrons. The number of rotatable bonds is 4. The molecule has 0 saturated heterocycles. The summed E-state index contributed by atoms with van der Waals surface area (Å²) >= 11 is 1.44. The fraction of sp³-hybridized carbons (Fsp3) is 0.0667. The highest BCUT2D eigenvalue weighted by molar-refractivity contribution is 8.00. The SMILES string of the molecule is N#Cc1cc(N)ccc1NC(=O)CSc1ccccc1. The molecule has 2 aromatic carbocycles. The van der Waals surface area contributed by atoms with Crippen molar-refractivity contribution in [3.63, 3.8) is 0 Å². The minimum absolute atomic E-state index is 0.153. The number of nitrogens with zero attached hydrogens (tertiary/aromatic N) is 1. The van der Waals surface area contributed by atoms with Crippen LogP contribution < -0.4 is 11.1 Å². The highest BCUT2D eigenvalue weighted by Gasteiger charge is 2.07. The molecular formula is C15H13N3OS. The van der Waals surface area contributed by atoms with Crippen LogP contribution in [-0.4, -0.2) is 11.7 Å². The molecule has 0 aliphatic heterocycles. The number of carbonyl (C=O) groups excluding carboxylic acids is 1. The highest BCUT2D eigenvalue weighted by Crippen LogP contribution is 2.20. The molecule has 20 heavy (non-hydrogen) atoms. The maximum absolute atomic E-state index is 11.9. The largest absolute Gasteiger partial charge is 0.399 e. The number of hydrogen-bond acceptors (Lipinski definition) is 4. The van der Waals surface area contributed by atoms with Gasteiger partial charge in [-0.2, -0.15) is 5.26 Å². The van der Waals surface area contributed by atoms with Gasteiger partial charge >= 0.3 is 0 Å². The van der Waals surface area contributed by atoms with Crippen LogP contribution in [-0.2, 0) is 4.79 Å². The predicted molar refractivity (Wildman–Crippen MR) is 81.4 cm³/mol. The summed E-state index contributed by atoms with van der Waals surface area (Å²) in [4.78, 5) is 12.9. The molecule has 100 valence electrons. The molecule has 0 aliphatic carbocycles. The summed E-state index contributed by atoms with van der Waals surface area (Å²) < 4.78 is 0. The van der Waals surface area contributed by atoms with Gasteiger partial charge in [0.05, 0.1) is 17.0 Å². The third-order valence-corrected chi connectivity index (χ3v) is 3.56. The quantitative estimate of drug-likeness (QED) is 0.668. The lowest BCUT2D eigenvalue weighted by Gasteiger charge is -2.07. The van der Waals surface area contributed by atoms with E-state index >= 15 is 0 Å². The second-order valence-corrected chi connectivity index (χ2v) is 5.12. The third kappa shape index (κ3) is 3.77. The highest BCUT2D eigenvalue weighted by atomic mass is 32.2. The number of nitriles is 1. The molecule has 0 atom stereocenters. The van der Waals surface area contributed by atoms with Crippen molar-refractivity contribution < 1.29 is 4.79 Å². The van der Waals surface area contributed by atoms with Crippen molar-refractivity contribution >= 4 is 29.0 Å². The smallest absolute Gasteiger partial charge is 0.234 e. The van der Waals surface area contributed by atoms with Gasteiger partial charge in [-0.25, -0.2) is 0 Å². The van der Waals surface area contributed by atoms with E-state index in [-0.39, 0.29) is 5.91 Å². The Hall–Kier alpha value is -2.45. The van der Waals surface area contributed by atoms with E-state index in [4.69, 9.17) is 11.0 Å². The van der Waals surface area contributed by atoms with Crippen molar-refractivity contribution in [3.05, 3.63) is 54.1 Å². The van der Waals surface area contributed by atoms with Gasteiger partial charge in [0.25, 0.3) is 0 Å². The summed E-state index contributed by atoms with van der Waals surface area (Å²) in [7, 11) is 0. The van der Waals surface area contributed by atoms with Crippen LogP contribution in [0.2, 0.25) is 0 Å². The van der Waals surface area contributed by atoms with Gasteiger partial charge < -0.3 is 11.1 Å². The number of thioether (sulfide) groups is 1. The van der Waals surface area contributed by atoms with Crippen LogP contribution in [0, 0.1) is 11.3 Å². The normalized spacial score (nSPS) is 9.75. The Bertz CT molecular complexity index is 650. The van der Waals surface area contributed by atoms with E-state index in [9.17, 15) is 4.79 Å². The third-order valence-electron chi connectivity index (χ3n) is 2.55. The number of benzene rings is 2. The summed E-state index contributed by atoms with van der Waals surface area (Å²) in [6.07, 6.45) is 0. The van der Waals surface area contributed by atoms with Gasteiger partial charge in [-0.15, -0.1) is 11.8 Å². The van der Waals surface area contributed by atoms with Crippen LogP contribution in [0.15, 0.2) is 53.4 Å². The zero-order valence-corrected chi connectivity index (χ0v) is 11.5. The average Bonchev–Trinajstić information content (AvgIpc) is 2.48. The van der Waals surface area contributed by atoms with Crippen LogP contribution in [0.1, 0.15) is 5.56 Å². The lowest BCUT2D eigenvalue weighted by atomic mass is 10.1. The van der Waals surface area contributed by atoms with Crippen molar-refractivity contribution in [3.8, 4) is 6.07 Å². The summed E-state index contributed by atoms with van der Waals surface area (Å²) in [6.45, 7) is 0. The summed E-state index contributed by atoms with van der Waals surface area (Å²) in [5.74, 6) is 0.138. The maximum Gasteiger partial charge on any atom is 0.234 e. The van der Waals surface area contributed by atoms with E-state index in [1.54, 1.807) is 18.2 Å². The van der Waals surface area contributed by atoms with Gasteiger partial charge in [0, 0.05) is 10.6 Å². The first-order valence-electron chi connectivity index (χ1n) is 5.96. The maximum atomic E-state index is 11.9. The monoisotopic (exact) mass is 283 g/mol. The molecule has 0 bridgehead atoms. The number of nitrogens with one attached hydrogen (secondary N) is 1. The minimum Gasteiger partial charge on any atom is -0.399 e. The van der Waals surface area contributed by atoms with Crippen LogP contribution in [0.5, 0.6) is 0 Å². The Kier molecular flexibility index (Phi) is 4.64. The van der Waals surface area contributed by atoms with Gasteiger partial charge in [-0.1, -0.05) is 18.2 Å². The van der Waals surface area contributed by atoms with Crippen LogP contribution >= 0.6 is 11.8 Å².